The molecule has 1 aromatic rings. The number of aldehydes is 1. The molecule has 3 atom stereocenters. The Morgan fingerprint density at radius 2 is 1.67 bits per heavy atom. The zero-order chi connectivity index (χ0) is 24.9. The van der Waals surface area contributed by atoms with Crippen LogP contribution in [0.5, 0.6) is 0 Å². The highest BCUT2D eigenvalue weighted by molar-refractivity contribution is 8.76. The van der Waals surface area contributed by atoms with Crippen LogP contribution in [0.4, 0.5) is 0 Å². The summed E-state index contributed by atoms with van der Waals surface area (Å²) in [7, 11) is 3.09. The molecule has 0 radical (unpaired) electrons. The SMILES string of the molecule is CC(C)C[C@H](OCc1ccccc1)C(=O)N[C@@H](C=O)CSSC[C@H](C)NC(=O)CC(C)(C)C. The molecule has 186 valence electrons. The first-order valence-electron chi connectivity index (χ1n) is 11.4. The molecule has 0 fully saturated rings. The van der Waals surface area contributed by atoms with E-state index in [1.54, 1.807) is 10.8 Å². The Hall–Kier alpha value is -1.51. The lowest BCUT2D eigenvalue weighted by molar-refractivity contribution is -0.136. The highest BCUT2D eigenvalue weighted by Gasteiger charge is 2.23. The van der Waals surface area contributed by atoms with E-state index in [-0.39, 0.29) is 29.2 Å². The van der Waals surface area contributed by atoms with Crippen LogP contribution in [0.1, 0.15) is 59.9 Å². The lowest BCUT2D eigenvalue weighted by atomic mass is 9.92. The van der Waals surface area contributed by atoms with E-state index in [9.17, 15) is 14.4 Å². The maximum Gasteiger partial charge on any atom is 0.249 e. The van der Waals surface area contributed by atoms with E-state index >= 15 is 0 Å². The number of carbonyl (C=O) groups excluding carboxylic acids is 3. The summed E-state index contributed by atoms with van der Waals surface area (Å²) in [6.07, 6.45) is 1.23. The van der Waals surface area contributed by atoms with Crippen LogP contribution in [0, 0.1) is 11.3 Å². The highest BCUT2D eigenvalue weighted by Crippen LogP contribution is 2.23. The van der Waals surface area contributed by atoms with Crippen molar-refractivity contribution in [1.82, 2.24) is 10.6 Å². The first-order valence-corrected chi connectivity index (χ1v) is 13.9. The average Bonchev–Trinajstić information content (AvgIpc) is 2.72. The summed E-state index contributed by atoms with van der Waals surface area (Å²) in [5.74, 6) is 1.24. The molecule has 2 amide bonds. The quantitative estimate of drug-likeness (QED) is 0.209. The van der Waals surface area contributed by atoms with Crippen LogP contribution >= 0.6 is 21.6 Å². The maximum atomic E-state index is 12.8. The van der Waals surface area contributed by atoms with E-state index in [1.165, 1.54) is 10.8 Å². The Morgan fingerprint density at radius 1 is 1.03 bits per heavy atom. The molecule has 0 bridgehead atoms. The number of ether oxygens (including phenoxy) is 1. The summed E-state index contributed by atoms with van der Waals surface area (Å²) in [5, 5.41) is 5.82. The largest absolute Gasteiger partial charge is 0.364 e. The fourth-order valence-electron chi connectivity index (χ4n) is 2.96. The number of rotatable bonds is 15. The Labute approximate surface area is 207 Å². The molecule has 0 saturated carbocycles. The Morgan fingerprint density at radius 3 is 2.24 bits per heavy atom. The fraction of sp³-hybridized carbons (Fsp3) is 0.640. The molecular weight excluding hydrogens is 456 g/mol. The first-order chi connectivity index (χ1) is 15.5. The van der Waals surface area contributed by atoms with E-state index < -0.39 is 12.1 Å². The van der Waals surface area contributed by atoms with Crippen molar-refractivity contribution < 1.29 is 19.1 Å². The molecule has 1 aromatic carbocycles. The zero-order valence-corrected chi connectivity index (χ0v) is 22.4. The van der Waals surface area contributed by atoms with Crippen molar-refractivity contribution in [2.24, 2.45) is 11.3 Å². The van der Waals surface area contributed by atoms with E-state index in [4.69, 9.17) is 4.74 Å². The molecule has 0 aliphatic rings. The summed E-state index contributed by atoms with van der Waals surface area (Å²) in [6, 6.07) is 9.17. The molecule has 0 heterocycles. The van der Waals surface area contributed by atoms with Crippen molar-refractivity contribution in [3.05, 3.63) is 35.9 Å². The van der Waals surface area contributed by atoms with Gasteiger partial charge in [-0.1, -0.05) is 86.5 Å². The number of hydrogen-bond acceptors (Lipinski definition) is 6. The molecule has 0 aliphatic heterocycles. The normalized spacial score (nSPS) is 14.4. The van der Waals surface area contributed by atoms with Gasteiger partial charge in [0.1, 0.15) is 12.4 Å². The fourth-order valence-corrected chi connectivity index (χ4v) is 5.38. The van der Waals surface area contributed by atoms with E-state index in [1.807, 2.05) is 71.9 Å². The molecule has 1 rings (SSSR count). The Kier molecular flexibility index (Phi) is 13.8. The van der Waals surface area contributed by atoms with Gasteiger partial charge >= 0.3 is 0 Å². The molecule has 6 nitrogen and oxygen atoms in total. The minimum absolute atomic E-state index is 0.0310. The van der Waals surface area contributed by atoms with Gasteiger partial charge in [-0.15, -0.1) is 0 Å². The van der Waals surface area contributed by atoms with Crippen LogP contribution in [0.3, 0.4) is 0 Å². The van der Waals surface area contributed by atoms with E-state index in [0.717, 1.165) is 17.6 Å². The smallest absolute Gasteiger partial charge is 0.249 e. The molecule has 0 saturated heterocycles. The second kappa shape index (κ2) is 15.4. The third-order valence-electron chi connectivity index (χ3n) is 4.51. The molecular formula is C25H40N2O4S2. The van der Waals surface area contributed by atoms with Crippen molar-refractivity contribution in [1.29, 1.82) is 0 Å². The van der Waals surface area contributed by atoms with Crippen LogP contribution < -0.4 is 10.6 Å². The zero-order valence-electron chi connectivity index (χ0n) is 20.8. The molecule has 33 heavy (non-hydrogen) atoms. The van der Waals surface area contributed by atoms with Gasteiger partial charge in [-0.25, -0.2) is 0 Å². The summed E-state index contributed by atoms with van der Waals surface area (Å²) in [4.78, 5) is 36.4. The number of amides is 2. The predicted molar refractivity (Wildman–Crippen MR) is 139 cm³/mol. The topological polar surface area (TPSA) is 84.5 Å². The predicted octanol–water partition coefficient (Wildman–Crippen LogP) is 4.62. The van der Waals surface area contributed by atoms with Crippen LogP contribution in [-0.4, -0.2) is 47.8 Å². The van der Waals surface area contributed by atoms with Crippen molar-refractivity contribution in [2.45, 2.75) is 79.2 Å². The lowest BCUT2D eigenvalue weighted by Gasteiger charge is -2.22. The van der Waals surface area contributed by atoms with E-state index in [0.29, 0.717) is 25.2 Å². The molecule has 0 unspecified atom stereocenters. The van der Waals surface area contributed by atoms with Gasteiger partial charge in [-0.3, -0.25) is 9.59 Å². The van der Waals surface area contributed by atoms with Gasteiger partial charge < -0.3 is 20.2 Å². The summed E-state index contributed by atoms with van der Waals surface area (Å²) >= 11 is 0. The molecule has 0 aromatic heterocycles. The lowest BCUT2D eigenvalue weighted by Crippen LogP contribution is -2.44. The van der Waals surface area contributed by atoms with Gasteiger partial charge in [0.15, 0.2) is 0 Å². The standard InChI is InChI=1S/C25H40N2O4S2/c1-18(2)12-22(31-15-20-10-8-7-9-11-20)24(30)27-21(14-28)17-33-32-16-19(3)26-23(29)13-25(4,5)6/h7-11,14,18-19,21-22H,12-13,15-17H2,1-6H3,(H,26,29)(H,27,30)/t19-,21-,22-/m0/s1. The second-order valence-corrected chi connectivity index (χ2v) is 12.5. The van der Waals surface area contributed by atoms with Crippen LogP contribution in [0.15, 0.2) is 30.3 Å². The third kappa shape index (κ3) is 14.4. The second-order valence-electron chi connectivity index (χ2n) is 9.94. The first kappa shape index (κ1) is 29.5. The van der Waals surface area contributed by atoms with Gasteiger partial charge in [-0.2, -0.15) is 0 Å². The maximum absolute atomic E-state index is 12.8. The highest BCUT2D eigenvalue weighted by atomic mass is 33.1. The van der Waals surface area contributed by atoms with Gasteiger partial charge in [-0.05, 0) is 30.2 Å². The summed E-state index contributed by atoms with van der Waals surface area (Å²) < 4.78 is 5.89. The monoisotopic (exact) mass is 496 g/mol. The average molecular weight is 497 g/mol. The third-order valence-corrected chi connectivity index (χ3v) is 7.13. The molecule has 8 heteroatoms. The summed E-state index contributed by atoms with van der Waals surface area (Å²) in [6.45, 7) is 12.5. The van der Waals surface area contributed by atoms with Gasteiger partial charge in [0, 0.05) is 24.0 Å². The minimum atomic E-state index is -0.608. The minimum Gasteiger partial charge on any atom is -0.364 e. The molecule has 2 N–H and O–H groups in total. The van der Waals surface area contributed by atoms with Crippen molar-refractivity contribution in [2.75, 3.05) is 11.5 Å². The Bertz CT molecular complexity index is 723. The number of benzene rings is 1. The number of nitrogens with one attached hydrogen (secondary N) is 2. The molecule has 0 spiro atoms. The van der Waals surface area contributed by atoms with Gasteiger partial charge in [0.25, 0.3) is 0 Å². The van der Waals surface area contributed by atoms with Crippen LogP contribution in [0.25, 0.3) is 0 Å². The number of hydrogen-bond donors (Lipinski definition) is 2. The van der Waals surface area contributed by atoms with E-state index in [2.05, 4.69) is 10.6 Å². The Balaban J connectivity index is 2.43. The van der Waals surface area contributed by atoms with Crippen LogP contribution in [0.2, 0.25) is 0 Å². The van der Waals surface area contributed by atoms with Crippen molar-refractivity contribution in [3.63, 3.8) is 0 Å². The summed E-state index contributed by atoms with van der Waals surface area (Å²) in [5.41, 5.74) is 0.959. The van der Waals surface area contributed by atoms with Gasteiger partial charge in [0.2, 0.25) is 11.8 Å². The van der Waals surface area contributed by atoms with Crippen molar-refractivity contribution in [3.8, 4) is 0 Å². The van der Waals surface area contributed by atoms with Gasteiger partial charge in [0.05, 0.1) is 12.6 Å². The van der Waals surface area contributed by atoms with Crippen LogP contribution in [-0.2, 0) is 25.7 Å². The van der Waals surface area contributed by atoms with Crippen molar-refractivity contribution >= 4 is 39.7 Å². The number of carbonyl (C=O) groups is 3. The molecule has 0 aliphatic carbocycles.